The number of aromatic nitrogens is 2. The molecule has 4 rings (SSSR count). The minimum absolute atomic E-state index is 0.00322. The fourth-order valence-corrected chi connectivity index (χ4v) is 4.53. The minimum atomic E-state index is -0.870. The van der Waals surface area contributed by atoms with Gasteiger partial charge in [0, 0.05) is 31.3 Å². The summed E-state index contributed by atoms with van der Waals surface area (Å²) in [5.41, 5.74) is 7.01. The van der Waals surface area contributed by atoms with Crippen molar-refractivity contribution in [2.75, 3.05) is 13.7 Å². The van der Waals surface area contributed by atoms with Gasteiger partial charge in [0.1, 0.15) is 12.4 Å². The Morgan fingerprint density at radius 3 is 2.29 bits per heavy atom. The van der Waals surface area contributed by atoms with Gasteiger partial charge < -0.3 is 19.5 Å². The van der Waals surface area contributed by atoms with E-state index >= 15 is 0 Å². The van der Waals surface area contributed by atoms with Crippen LogP contribution >= 0.6 is 0 Å². The number of amides is 1. The van der Waals surface area contributed by atoms with Gasteiger partial charge in [-0.05, 0) is 67.6 Å². The highest BCUT2D eigenvalue weighted by Gasteiger charge is 2.16. The topological polar surface area (TPSA) is 93.9 Å². The number of carboxylic acid groups (broad SMARTS) is 1. The highest BCUT2D eigenvalue weighted by atomic mass is 16.6. The third-order valence-electron chi connectivity index (χ3n) is 6.68. The normalized spacial score (nSPS) is 11.0. The maximum absolute atomic E-state index is 12.3. The van der Waals surface area contributed by atoms with Crippen LogP contribution in [0.2, 0.25) is 0 Å². The van der Waals surface area contributed by atoms with Crippen molar-refractivity contribution in [1.82, 2.24) is 14.7 Å². The number of carboxylic acids is 1. The Bertz CT molecular complexity index is 1460. The first-order valence-electron chi connectivity index (χ1n) is 13.8. The van der Waals surface area contributed by atoms with E-state index in [0.717, 1.165) is 33.6 Å². The second-order valence-electron chi connectivity index (χ2n) is 10.3. The molecule has 41 heavy (non-hydrogen) atoms. The first kappa shape index (κ1) is 29.4. The van der Waals surface area contributed by atoms with Gasteiger partial charge in [-0.25, -0.2) is 4.79 Å². The van der Waals surface area contributed by atoms with Crippen LogP contribution in [0.4, 0.5) is 4.79 Å². The van der Waals surface area contributed by atoms with Gasteiger partial charge in [0.05, 0.1) is 18.3 Å². The molecule has 1 amide bonds. The molecule has 0 aliphatic carbocycles. The molecular formula is C33H37N3O5. The molecule has 0 unspecified atom stereocenters. The van der Waals surface area contributed by atoms with Crippen molar-refractivity contribution in [2.24, 2.45) is 0 Å². The zero-order chi connectivity index (χ0) is 29.4. The van der Waals surface area contributed by atoms with Crippen LogP contribution < -0.4 is 4.74 Å². The largest absolute Gasteiger partial charge is 0.492 e. The van der Waals surface area contributed by atoms with E-state index in [2.05, 4.69) is 42.5 Å². The van der Waals surface area contributed by atoms with Crippen molar-refractivity contribution in [3.63, 3.8) is 0 Å². The van der Waals surface area contributed by atoms with Gasteiger partial charge in [-0.1, -0.05) is 60.7 Å². The van der Waals surface area contributed by atoms with Crippen molar-refractivity contribution >= 4 is 12.1 Å². The minimum Gasteiger partial charge on any atom is -0.492 e. The molecule has 0 saturated carbocycles. The molecule has 1 N–H and O–H groups in total. The number of aryl methyl sites for hydroxylation is 2. The summed E-state index contributed by atoms with van der Waals surface area (Å²) in [7, 11) is 1.66. The Morgan fingerprint density at radius 2 is 1.61 bits per heavy atom. The molecule has 1 heterocycles. The number of hydrogen-bond donors (Lipinski definition) is 1. The number of carbonyl (C=O) groups excluding carboxylic acids is 1. The quantitative estimate of drug-likeness (QED) is 0.212. The Kier molecular flexibility index (Phi) is 9.79. The third-order valence-corrected chi connectivity index (χ3v) is 6.68. The van der Waals surface area contributed by atoms with Crippen LogP contribution in [0.3, 0.4) is 0 Å². The lowest BCUT2D eigenvalue weighted by Crippen LogP contribution is -2.29. The smallest absolute Gasteiger partial charge is 0.410 e. The average molecular weight is 556 g/mol. The van der Waals surface area contributed by atoms with E-state index in [1.165, 1.54) is 10.5 Å². The van der Waals surface area contributed by atoms with E-state index in [1.54, 1.807) is 20.9 Å². The van der Waals surface area contributed by atoms with E-state index in [9.17, 15) is 9.59 Å². The molecule has 0 saturated heterocycles. The third kappa shape index (κ3) is 8.20. The Hall–Kier alpha value is -4.59. The number of carbonyl (C=O) groups is 2. The molecule has 8 heteroatoms. The number of aliphatic carboxylic acids is 1. The predicted octanol–water partition coefficient (Wildman–Crippen LogP) is 6.60. The predicted molar refractivity (Wildman–Crippen MR) is 159 cm³/mol. The fourth-order valence-electron chi connectivity index (χ4n) is 4.53. The standard InChI is InChI=1S/C33H37N3O5/c1-23(2)41-33(39)35(4)22-29-21-30(16-14-27(29)15-17-32(37)38)40-19-18-36-24(3)20-31(34-36)28-12-10-26(11-13-28)25-8-6-5-7-9-25/h5-14,16,20-21,23H,15,17-19,22H2,1-4H3,(H,37,38). The number of hydrogen-bond acceptors (Lipinski definition) is 5. The summed E-state index contributed by atoms with van der Waals surface area (Å²) in [6.07, 6.45) is -0.302. The van der Waals surface area contributed by atoms with Crippen LogP contribution in [-0.2, 0) is 29.0 Å². The molecule has 8 nitrogen and oxygen atoms in total. The molecule has 4 aromatic rings. The molecule has 1 aromatic heterocycles. The van der Waals surface area contributed by atoms with Crippen LogP contribution in [-0.4, -0.2) is 51.6 Å². The van der Waals surface area contributed by atoms with E-state index in [-0.39, 0.29) is 19.1 Å². The van der Waals surface area contributed by atoms with Gasteiger partial charge in [-0.3, -0.25) is 9.48 Å². The molecule has 0 aliphatic heterocycles. The Morgan fingerprint density at radius 1 is 0.927 bits per heavy atom. The molecule has 0 spiro atoms. The number of benzene rings is 3. The van der Waals surface area contributed by atoms with Gasteiger partial charge >= 0.3 is 12.1 Å². The van der Waals surface area contributed by atoms with Gasteiger partial charge in [0.2, 0.25) is 0 Å². The summed E-state index contributed by atoms with van der Waals surface area (Å²) < 4.78 is 13.3. The number of ether oxygens (including phenoxy) is 2. The lowest BCUT2D eigenvalue weighted by molar-refractivity contribution is -0.136. The van der Waals surface area contributed by atoms with E-state index in [0.29, 0.717) is 25.3 Å². The van der Waals surface area contributed by atoms with Crippen LogP contribution in [0.15, 0.2) is 78.9 Å². The molecule has 0 aliphatic rings. The lowest BCUT2D eigenvalue weighted by atomic mass is 10.0. The molecule has 0 bridgehead atoms. The first-order chi connectivity index (χ1) is 19.7. The fraction of sp³-hybridized carbons (Fsp3) is 0.303. The first-order valence-corrected chi connectivity index (χ1v) is 13.8. The second-order valence-corrected chi connectivity index (χ2v) is 10.3. The molecule has 0 fully saturated rings. The molecule has 214 valence electrons. The van der Waals surface area contributed by atoms with Gasteiger partial charge in [0.15, 0.2) is 0 Å². The van der Waals surface area contributed by atoms with Gasteiger partial charge in [-0.2, -0.15) is 5.10 Å². The monoisotopic (exact) mass is 555 g/mol. The molecule has 0 atom stereocenters. The zero-order valence-electron chi connectivity index (χ0n) is 24.0. The maximum atomic E-state index is 12.3. The lowest BCUT2D eigenvalue weighted by Gasteiger charge is -2.21. The number of rotatable bonds is 12. The van der Waals surface area contributed by atoms with Gasteiger partial charge in [-0.15, -0.1) is 0 Å². The van der Waals surface area contributed by atoms with Crippen molar-refractivity contribution in [3.05, 3.63) is 95.7 Å². The van der Waals surface area contributed by atoms with E-state index in [1.807, 2.05) is 48.0 Å². The number of nitrogens with zero attached hydrogens (tertiary/aromatic N) is 3. The van der Waals surface area contributed by atoms with E-state index < -0.39 is 12.1 Å². The highest BCUT2D eigenvalue weighted by Crippen LogP contribution is 2.25. The molecular weight excluding hydrogens is 518 g/mol. The molecule has 0 radical (unpaired) electrons. The summed E-state index contributed by atoms with van der Waals surface area (Å²) in [6, 6.07) is 26.3. The van der Waals surface area contributed by atoms with Crippen molar-refractivity contribution in [1.29, 1.82) is 0 Å². The SMILES string of the molecule is Cc1cc(-c2ccc(-c3ccccc3)cc2)nn1CCOc1ccc(CCC(=O)O)c(CN(C)C(=O)OC(C)C)c1. The van der Waals surface area contributed by atoms with Crippen molar-refractivity contribution in [2.45, 2.75) is 52.8 Å². The zero-order valence-corrected chi connectivity index (χ0v) is 24.0. The van der Waals surface area contributed by atoms with Crippen molar-refractivity contribution < 1.29 is 24.2 Å². The Labute approximate surface area is 241 Å². The average Bonchev–Trinajstić information content (AvgIpc) is 3.32. The van der Waals surface area contributed by atoms with Crippen LogP contribution in [0.1, 0.15) is 37.1 Å². The van der Waals surface area contributed by atoms with Crippen molar-refractivity contribution in [3.8, 4) is 28.1 Å². The van der Waals surface area contributed by atoms with Crippen LogP contribution in [0, 0.1) is 6.92 Å². The molecule has 3 aromatic carbocycles. The Balaban J connectivity index is 1.41. The summed E-state index contributed by atoms with van der Waals surface area (Å²) >= 11 is 0. The van der Waals surface area contributed by atoms with E-state index in [4.69, 9.17) is 19.7 Å². The maximum Gasteiger partial charge on any atom is 0.410 e. The van der Waals surface area contributed by atoms with Crippen LogP contribution in [0.5, 0.6) is 5.75 Å². The summed E-state index contributed by atoms with van der Waals surface area (Å²) in [5, 5.41) is 13.9. The summed E-state index contributed by atoms with van der Waals surface area (Å²) in [5.74, 6) is -0.226. The van der Waals surface area contributed by atoms with Gasteiger partial charge in [0.25, 0.3) is 0 Å². The summed E-state index contributed by atoms with van der Waals surface area (Å²) in [4.78, 5) is 25.0. The second kappa shape index (κ2) is 13.7. The highest BCUT2D eigenvalue weighted by molar-refractivity contribution is 5.69. The summed E-state index contributed by atoms with van der Waals surface area (Å²) in [6.45, 7) is 6.85. The van der Waals surface area contributed by atoms with Crippen LogP contribution in [0.25, 0.3) is 22.4 Å².